The number of aliphatic hydroxyl groups is 1. The molecule has 1 aromatic carbocycles. The highest BCUT2D eigenvalue weighted by atomic mass is 79.9. The van der Waals surface area contributed by atoms with Crippen molar-refractivity contribution in [2.24, 2.45) is 0 Å². The van der Waals surface area contributed by atoms with Gasteiger partial charge in [-0.05, 0) is 17.7 Å². The molecular weight excluding hydrogens is 299 g/mol. The van der Waals surface area contributed by atoms with Crippen LogP contribution in [0.25, 0.3) is 0 Å². The summed E-state index contributed by atoms with van der Waals surface area (Å²) in [5.41, 5.74) is 0.361. The summed E-state index contributed by atoms with van der Waals surface area (Å²) >= 11 is 2.95. The van der Waals surface area contributed by atoms with E-state index in [1.807, 2.05) is 0 Å². The zero-order chi connectivity index (χ0) is 12.3. The van der Waals surface area contributed by atoms with Crippen molar-refractivity contribution >= 4 is 25.8 Å². The van der Waals surface area contributed by atoms with Gasteiger partial charge >= 0.3 is 0 Å². The smallest absolute Gasteiger partial charge is 0.165 e. The molecule has 0 aliphatic carbocycles. The molecule has 0 fully saturated rings. The largest absolute Gasteiger partial charge is 0.386 e. The first kappa shape index (κ1) is 13.6. The number of benzene rings is 1. The Morgan fingerprint density at radius 3 is 2.31 bits per heavy atom. The summed E-state index contributed by atoms with van der Waals surface area (Å²) in [5, 5.41) is 9.80. The van der Waals surface area contributed by atoms with Crippen molar-refractivity contribution in [3.63, 3.8) is 0 Å². The lowest BCUT2D eigenvalue weighted by molar-refractivity contribution is 0.195. The fourth-order valence-electron chi connectivity index (χ4n) is 1.17. The number of halogens is 2. The van der Waals surface area contributed by atoms with Crippen LogP contribution >= 0.6 is 15.9 Å². The van der Waals surface area contributed by atoms with Gasteiger partial charge in [-0.2, -0.15) is 0 Å². The molecule has 3 nitrogen and oxygen atoms in total. The van der Waals surface area contributed by atoms with Crippen molar-refractivity contribution in [3.05, 3.63) is 35.6 Å². The molecule has 1 rings (SSSR count). The average Bonchev–Trinajstić information content (AvgIpc) is 2.28. The van der Waals surface area contributed by atoms with Gasteiger partial charge in [-0.3, -0.25) is 0 Å². The van der Waals surface area contributed by atoms with E-state index >= 15 is 0 Å². The van der Waals surface area contributed by atoms with Gasteiger partial charge in [0.05, 0.1) is 0 Å². The number of alkyl halides is 1. The number of hydrogen-bond donors (Lipinski definition) is 1. The van der Waals surface area contributed by atoms with E-state index < -0.39 is 25.9 Å². The van der Waals surface area contributed by atoms with E-state index in [0.29, 0.717) is 5.56 Å². The Bertz CT molecular complexity index is 444. The van der Waals surface area contributed by atoms with Gasteiger partial charge in [-0.1, -0.05) is 35.0 Å². The topological polar surface area (TPSA) is 54.4 Å². The standard InChI is InChI=1S/C10H12BrFO3S/c1-2-16(14,15)10(11)9(13)7-3-5-8(12)6-4-7/h3-6,9-10,13H,2H2,1H3. The molecule has 0 amide bonds. The first-order valence-electron chi connectivity index (χ1n) is 4.67. The second kappa shape index (κ2) is 5.25. The maximum absolute atomic E-state index is 12.6. The molecule has 0 saturated heterocycles. The summed E-state index contributed by atoms with van der Waals surface area (Å²) in [6, 6.07) is 5.08. The van der Waals surface area contributed by atoms with Crippen LogP contribution in [-0.2, 0) is 9.84 Å². The van der Waals surface area contributed by atoms with Crippen molar-refractivity contribution in [2.45, 2.75) is 17.2 Å². The van der Waals surface area contributed by atoms with Gasteiger partial charge in [-0.25, -0.2) is 12.8 Å². The average molecular weight is 311 g/mol. The number of aliphatic hydroxyl groups excluding tert-OH is 1. The molecule has 1 N–H and O–H groups in total. The molecule has 1 aromatic rings. The summed E-state index contributed by atoms with van der Waals surface area (Å²) in [6.45, 7) is 1.50. The van der Waals surface area contributed by atoms with Gasteiger partial charge in [0.2, 0.25) is 0 Å². The van der Waals surface area contributed by atoms with E-state index in [-0.39, 0.29) is 5.75 Å². The Morgan fingerprint density at radius 1 is 1.38 bits per heavy atom. The highest BCUT2D eigenvalue weighted by molar-refractivity contribution is 9.11. The first-order chi connectivity index (χ1) is 7.38. The van der Waals surface area contributed by atoms with E-state index in [1.54, 1.807) is 0 Å². The Morgan fingerprint density at radius 2 is 1.88 bits per heavy atom. The maximum atomic E-state index is 12.6. The second-order valence-electron chi connectivity index (χ2n) is 3.30. The van der Waals surface area contributed by atoms with Crippen molar-refractivity contribution in [3.8, 4) is 0 Å². The molecule has 0 saturated carbocycles. The third-order valence-electron chi connectivity index (χ3n) is 2.21. The summed E-state index contributed by atoms with van der Waals surface area (Å²) in [6.07, 6.45) is -1.20. The van der Waals surface area contributed by atoms with Crippen molar-refractivity contribution in [1.82, 2.24) is 0 Å². The SMILES string of the molecule is CCS(=O)(=O)C(Br)C(O)c1ccc(F)cc1. The lowest BCUT2D eigenvalue weighted by atomic mass is 10.1. The number of sulfone groups is 1. The lowest BCUT2D eigenvalue weighted by Crippen LogP contribution is -2.24. The van der Waals surface area contributed by atoms with Gasteiger partial charge in [0, 0.05) is 5.75 Å². The minimum absolute atomic E-state index is 0.0683. The Balaban J connectivity index is 2.94. The predicted molar refractivity (Wildman–Crippen MR) is 63.5 cm³/mol. The van der Waals surface area contributed by atoms with Gasteiger partial charge < -0.3 is 5.11 Å². The molecule has 0 radical (unpaired) electrons. The normalized spacial score (nSPS) is 15.8. The van der Waals surface area contributed by atoms with Crippen molar-refractivity contribution in [1.29, 1.82) is 0 Å². The van der Waals surface area contributed by atoms with Crippen LogP contribution in [0, 0.1) is 5.82 Å². The summed E-state index contributed by atoms with van der Waals surface area (Å²) in [7, 11) is -3.38. The lowest BCUT2D eigenvalue weighted by Gasteiger charge is -2.17. The predicted octanol–water partition coefficient (Wildman–Crippen LogP) is 2.01. The Hall–Kier alpha value is -0.460. The molecule has 16 heavy (non-hydrogen) atoms. The Kier molecular flexibility index (Phi) is 4.46. The van der Waals surface area contributed by atoms with Crippen LogP contribution in [0.15, 0.2) is 24.3 Å². The zero-order valence-electron chi connectivity index (χ0n) is 8.60. The third-order valence-corrected chi connectivity index (χ3v) is 6.16. The van der Waals surface area contributed by atoms with Crippen LogP contribution in [0.3, 0.4) is 0 Å². The van der Waals surface area contributed by atoms with Crippen LogP contribution < -0.4 is 0 Å². The molecule has 2 unspecified atom stereocenters. The quantitative estimate of drug-likeness (QED) is 0.866. The minimum Gasteiger partial charge on any atom is -0.386 e. The molecule has 0 aliphatic rings. The van der Waals surface area contributed by atoms with Crippen LogP contribution in [0.4, 0.5) is 4.39 Å². The highest BCUT2D eigenvalue weighted by Gasteiger charge is 2.29. The molecule has 0 aliphatic heterocycles. The van der Waals surface area contributed by atoms with Gasteiger partial charge in [0.1, 0.15) is 16.1 Å². The van der Waals surface area contributed by atoms with E-state index in [4.69, 9.17) is 0 Å². The van der Waals surface area contributed by atoms with Crippen molar-refractivity contribution in [2.75, 3.05) is 5.75 Å². The molecule has 6 heteroatoms. The molecule has 2 atom stereocenters. The maximum Gasteiger partial charge on any atom is 0.165 e. The summed E-state index contributed by atoms with van der Waals surface area (Å²) in [5.74, 6) is -0.498. The summed E-state index contributed by atoms with van der Waals surface area (Å²) in [4.78, 5) is 0. The van der Waals surface area contributed by atoms with Crippen LogP contribution in [0.2, 0.25) is 0 Å². The van der Waals surface area contributed by atoms with Gasteiger partial charge in [-0.15, -0.1) is 0 Å². The molecule has 90 valence electrons. The van der Waals surface area contributed by atoms with Gasteiger partial charge in [0.15, 0.2) is 9.84 Å². The Labute approximate surface area is 102 Å². The van der Waals surface area contributed by atoms with Crippen molar-refractivity contribution < 1.29 is 17.9 Å². The highest BCUT2D eigenvalue weighted by Crippen LogP contribution is 2.27. The van der Waals surface area contributed by atoms with E-state index in [9.17, 15) is 17.9 Å². The van der Waals surface area contributed by atoms with E-state index in [1.165, 1.54) is 31.2 Å². The van der Waals surface area contributed by atoms with Crippen LogP contribution in [-0.4, -0.2) is 23.4 Å². The monoisotopic (exact) mass is 310 g/mol. The minimum atomic E-state index is -3.38. The van der Waals surface area contributed by atoms with E-state index in [2.05, 4.69) is 15.9 Å². The van der Waals surface area contributed by atoms with Crippen LogP contribution in [0.5, 0.6) is 0 Å². The fraction of sp³-hybridized carbons (Fsp3) is 0.400. The van der Waals surface area contributed by atoms with Crippen LogP contribution in [0.1, 0.15) is 18.6 Å². The zero-order valence-corrected chi connectivity index (χ0v) is 11.0. The second-order valence-corrected chi connectivity index (χ2v) is 7.30. The summed E-state index contributed by atoms with van der Waals surface area (Å²) < 4.78 is 34.6. The molecule has 0 spiro atoms. The molecule has 0 heterocycles. The molecular formula is C10H12BrFO3S. The molecule has 0 bridgehead atoms. The number of hydrogen-bond acceptors (Lipinski definition) is 3. The fourth-order valence-corrected chi connectivity index (χ4v) is 3.13. The number of rotatable bonds is 4. The van der Waals surface area contributed by atoms with E-state index in [0.717, 1.165) is 0 Å². The van der Waals surface area contributed by atoms with Gasteiger partial charge in [0.25, 0.3) is 0 Å². The third kappa shape index (κ3) is 3.02. The molecule has 0 aromatic heterocycles. The first-order valence-corrected chi connectivity index (χ1v) is 7.30.